The lowest BCUT2D eigenvalue weighted by Gasteiger charge is -2.36. The summed E-state index contributed by atoms with van der Waals surface area (Å²) >= 11 is 0. The highest BCUT2D eigenvalue weighted by Crippen LogP contribution is 2.40. The molecule has 1 saturated carbocycles. The van der Waals surface area contributed by atoms with Gasteiger partial charge < -0.3 is 10.6 Å². The van der Waals surface area contributed by atoms with Crippen LogP contribution in [-0.2, 0) is 19.6 Å². The van der Waals surface area contributed by atoms with Crippen LogP contribution in [0.2, 0.25) is 0 Å². The molecule has 2 N–H and O–H groups in total. The second-order valence-electron chi connectivity index (χ2n) is 10.7. The maximum Gasteiger partial charge on any atom is 0.243 e. The molecule has 1 aliphatic carbocycles. The van der Waals surface area contributed by atoms with Crippen molar-refractivity contribution in [2.45, 2.75) is 64.2 Å². The monoisotopic (exact) mass is 489 g/mol. The van der Waals surface area contributed by atoms with Crippen LogP contribution >= 0.6 is 0 Å². The molecular formula is C26H39N3O4S. The highest BCUT2D eigenvalue weighted by atomic mass is 32.2. The fourth-order valence-corrected chi connectivity index (χ4v) is 6.47. The number of nitrogens with zero attached hydrogens (tertiary/aromatic N) is 1. The lowest BCUT2D eigenvalue weighted by Crippen LogP contribution is -2.41. The minimum absolute atomic E-state index is 0.0135. The van der Waals surface area contributed by atoms with Gasteiger partial charge in [-0.1, -0.05) is 27.4 Å². The molecule has 188 valence electrons. The van der Waals surface area contributed by atoms with E-state index < -0.39 is 10.0 Å². The van der Waals surface area contributed by atoms with Gasteiger partial charge in [-0.25, -0.2) is 8.42 Å². The van der Waals surface area contributed by atoms with Gasteiger partial charge >= 0.3 is 0 Å². The molecule has 2 aliphatic rings. The third-order valence-corrected chi connectivity index (χ3v) is 9.32. The predicted octanol–water partition coefficient (Wildman–Crippen LogP) is 4.18. The van der Waals surface area contributed by atoms with Gasteiger partial charge in [0.25, 0.3) is 0 Å². The molecule has 0 radical (unpaired) electrons. The predicted molar refractivity (Wildman–Crippen MR) is 135 cm³/mol. The van der Waals surface area contributed by atoms with Gasteiger partial charge in [0, 0.05) is 31.2 Å². The molecule has 1 aromatic rings. The Labute approximate surface area is 204 Å². The number of carbonyl (C=O) groups is 2. The maximum atomic E-state index is 13.1. The van der Waals surface area contributed by atoms with E-state index in [2.05, 4.69) is 38.0 Å². The highest BCUT2D eigenvalue weighted by Gasteiger charge is 2.33. The maximum absolute atomic E-state index is 13.1. The van der Waals surface area contributed by atoms with Crippen molar-refractivity contribution in [3.63, 3.8) is 0 Å². The third-order valence-electron chi connectivity index (χ3n) is 7.41. The summed E-state index contributed by atoms with van der Waals surface area (Å²) in [6.45, 7) is 11.6. The van der Waals surface area contributed by atoms with Crippen molar-refractivity contribution < 1.29 is 18.0 Å². The minimum atomic E-state index is -3.59. The van der Waals surface area contributed by atoms with Crippen LogP contribution in [0.15, 0.2) is 41.8 Å². The average Bonchev–Trinajstić information content (AvgIpc) is 2.82. The first-order valence-electron chi connectivity index (χ1n) is 12.3. The number of benzene rings is 1. The van der Waals surface area contributed by atoms with E-state index in [0.717, 1.165) is 25.7 Å². The number of piperidine rings is 1. The van der Waals surface area contributed by atoms with Crippen molar-refractivity contribution >= 4 is 27.5 Å². The lowest BCUT2D eigenvalue weighted by atomic mass is 9.69. The summed E-state index contributed by atoms with van der Waals surface area (Å²) in [4.78, 5) is 24.3. The molecule has 34 heavy (non-hydrogen) atoms. The standard InChI is InChI=1S/C26H39N3O4S/c1-5-24(30)27-18-19-14-16-29(17-15-19)34(32,33)23-12-10-22(11-13-23)28-25(31)20-6-8-21(9-7-20)26(2,3)4/h5,10-13,19-21H,1,6-9,14-18H2,2-4H3,(H,27,30)(H,28,31). The molecular weight excluding hydrogens is 450 g/mol. The van der Waals surface area contributed by atoms with Gasteiger partial charge in [-0.2, -0.15) is 4.31 Å². The van der Waals surface area contributed by atoms with Gasteiger partial charge in [0.2, 0.25) is 21.8 Å². The molecule has 1 aliphatic heterocycles. The zero-order valence-electron chi connectivity index (χ0n) is 20.7. The van der Waals surface area contributed by atoms with Crippen molar-refractivity contribution in [1.82, 2.24) is 9.62 Å². The fraction of sp³-hybridized carbons (Fsp3) is 0.615. The summed E-state index contributed by atoms with van der Waals surface area (Å²) in [5, 5.41) is 5.75. The highest BCUT2D eigenvalue weighted by molar-refractivity contribution is 7.89. The zero-order chi connectivity index (χ0) is 24.9. The second-order valence-corrected chi connectivity index (χ2v) is 12.7. The van der Waals surface area contributed by atoms with Crippen LogP contribution in [0.3, 0.4) is 0 Å². The number of rotatable bonds is 7. The van der Waals surface area contributed by atoms with E-state index in [-0.39, 0.29) is 34.0 Å². The number of hydrogen-bond acceptors (Lipinski definition) is 4. The Morgan fingerprint density at radius 3 is 2.15 bits per heavy atom. The number of nitrogens with one attached hydrogen (secondary N) is 2. The van der Waals surface area contributed by atoms with Gasteiger partial charge in [0.1, 0.15) is 0 Å². The molecule has 0 atom stereocenters. The molecule has 1 saturated heterocycles. The van der Waals surface area contributed by atoms with Crippen molar-refractivity contribution in [3.8, 4) is 0 Å². The van der Waals surface area contributed by atoms with Gasteiger partial charge in [0.15, 0.2) is 0 Å². The third kappa shape index (κ3) is 6.69. The number of anilines is 1. The van der Waals surface area contributed by atoms with Crippen LogP contribution in [0.1, 0.15) is 59.3 Å². The topological polar surface area (TPSA) is 95.6 Å². The van der Waals surface area contributed by atoms with Gasteiger partial charge in [-0.15, -0.1) is 0 Å². The first-order valence-corrected chi connectivity index (χ1v) is 13.8. The Morgan fingerprint density at radius 1 is 1.03 bits per heavy atom. The van der Waals surface area contributed by atoms with E-state index in [1.54, 1.807) is 24.3 Å². The van der Waals surface area contributed by atoms with Crippen LogP contribution in [-0.4, -0.2) is 44.2 Å². The first-order chi connectivity index (χ1) is 16.0. The molecule has 1 heterocycles. The van der Waals surface area contributed by atoms with E-state index in [4.69, 9.17) is 0 Å². The number of sulfonamides is 1. The van der Waals surface area contributed by atoms with Crippen LogP contribution in [0.25, 0.3) is 0 Å². The van der Waals surface area contributed by atoms with E-state index in [0.29, 0.717) is 44.1 Å². The normalized spacial score (nSPS) is 22.7. The van der Waals surface area contributed by atoms with Crippen LogP contribution in [0, 0.1) is 23.2 Å². The average molecular weight is 490 g/mol. The number of amides is 2. The van der Waals surface area contributed by atoms with Crippen LogP contribution in [0.4, 0.5) is 5.69 Å². The quantitative estimate of drug-likeness (QED) is 0.562. The molecule has 2 amide bonds. The van der Waals surface area contributed by atoms with Crippen LogP contribution in [0.5, 0.6) is 0 Å². The lowest BCUT2D eigenvalue weighted by molar-refractivity contribution is -0.121. The van der Waals surface area contributed by atoms with Gasteiger partial charge in [-0.3, -0.25) is 9.59 Å². The summed E-state index contributed by atoms with van der Waals surface area (Å²) in [7, 11) is -3.59. The molecule has 0 bridgehead atoms. The Morgan fingerprint density at radius 2 is 1.62 bits per heavy atom. The fourth-order valence-electron chi connectivity index (χ4n) is 5.00. The van der Waals surface area contributed by atoms with Crippen molar-refractivity contribution in [2.24, 2.45) is 23.2 Å². The summed E-state index contributed by atoms with van der Waals surface area (Å²) in [6, 6.07) is 6.47. The minimum Gasteiger partial charge on any atom is -0.352 e. The number of hydrogen-bond donors (Lipinski definition) is 2. The SMILES string of the molecule is C=CC(=O)NCC1CCN(S(=O)(=O)c2ccc(NC(=O)C3CCC(C(C)(C)C)CC3)cc2)CC1. The van der Waals surface area contributed by atoms with E-state index >= 15 is 0 Å². The molecule has 2 fully saturated rings. The smallest absolute Gasteiger partial charge is 0.243 e. The Bertz CT molecular complexity index is 966. The van der Waals surface area contributed by atoms with E-state index in [9.17, 15) is 18.0 Å². The van der Waals surface area contributed by atoms with Crippen molar-refractivity contribution in [3.05, 3.63) is 36.9 Å². The summed E-state index contributed by atoms with van der Waals surface area (Å²) in [5.41, 5.74) is 0.901. The Hall–Kier alpha value is -2.19. The molecule has 8 heteroatoms. The van der Waals surface area contributed by atoms with E-state index in [1.165, 1.54) is 10.4 Å². The first kappa shape index (κ1) is 26.4. The summed E-state index contributed by atoms with van der Waals surface area (Å²) in [6.07, 6.45) is 6.56. The molecule has 3 rings (SSSR count). The van der Waals surface area contributed by atoms with E-state index in [1.807, 2.05) is 0 Å². The molecule has 7 nitrogen and oxygen atoms in total. The summed E-state index contributed by atoms with van der Waals surface area (Å²) < 4.78 is 27.6. The van der Waals surface area contributed by atoms with Crippen molar-refractivity contribution in [1.29, 1.82) is 0 Å². The largest absolute Gasteiger partial charge is 0.352 e. The van der Waals surface area contributed by atoms with Gasteiger partial charge in [0.05, 0.1) is 4.90 Å². The molecule has 0 spiro atoms. The van der Waals surface area contributed by atoms with Crippen LogP contribution < -0.4 is 10.6 Å². The second kappa shape index (κ2) is 11.0. The number of carbonyl (C=O) groups excluding carboxylic acids is 2. The molecule has 1 aromatic carbocycles. The molecule has 0 aromatic heterocycles. The molecule has 0 unspecified atom stereocenters. The Balaban J connectivity index is 1.51. The van der Waals surface area contributed by atoms with Gasteiger partial charge in [-0.05, 0) is 86.1 Å². The summed E-state index contributed by atoms with van der Waals surface area (Å²) in [5.74, 6) is 0.733. The zero-order valence-corrected chi connectivity index (χ0v) is 21.5. The Kier molecular flexibility index (Phi) is 8.57. The van der Waals surface area contributed by atoms with Crippen molar-refractivity contribution in [2.75, 3.05) is 25.0 Å².